The van der Waals surface area contributed by atoms with Crippen molar-refractivity contribution >= 4 is 40.5 Å². The van der Waals surface area contributed by atoms with Gasteiger partial charge in [0.15, 0.2) is 5.05 Å². The number of methoxy groups -OCH3 is 1. The van der Waals surface area contributed by atoms with Crippen molar-refractivity contribution in [1.29, 1.82) is 0 Å². The van der Waals surface area contributed by atoms with E-state index in [1.165, 1.54) is 13.2 Å². The molecule has 2 rings (SSSR count). The summed E-state index contributed by atoms with van der Waals surface area (Å²) in [6.45, 7) is 5.72. The van der Waals surface area contributed by atoms with Gasteiger partial charge in [-0.2, -0.15) is 0 Å². The summed E-state index contributed by atoms with van der Waals surface area (Å²) >= 11 is 17.6. The number of nitrogens with zero attached hydrogens (tertiary/aromatic N) is 1. The third-order valence-corrected chi connectivity index (χ3v) is 5.04. The Labute approximate surface area is 157 Å². The average Bonchev–Trinajstić information content (AvgIpc) is 2.49. The summed E-state index contributed by atoms with van der Waals surface area (Å²) in [7, 11) is 1.53. The summed E-state index contributed by atoms with van der Waals surface area (Å²) < 4.78 is 19.7. The summed E-state index contributed by atoms with van der Waals surface area (Å²) in [4.78, 5) is 4.10. The van der Waals surface area contributed by atoms with Gasteiger partial charge in [0.05, 0.1) is 7.11 Å². The maximum Gasteiger partial charge on any atom is 0.165 e. The van der Waals surface area contributed by atoms with Crippen molar-refractivity contribution in [3.63, 3.8) is 0 Å². The van der Waals surface area contributed by atoms with E-state index in [1.54, 1.807) is 12.1 Å². The SMILES string of the molecule is COC(=S)C(C)(C)Cc1c(-c2ccc(C)cc2F)cc(Cl)nc1Cl. The van der Waals surface area contributed by atoms with Gasteiger partial charge < -0.3 is 4.74 Å². The van der Waals surface area contributed by atoms with Crippen molar-refractivity contribution in [3.8, 4) is 11.1 Å². The van der Waals surface area contributed by atoms with Crippen LogP contribution in [0.1, 0.15) is 25.0 Å². The highest BCUT2D eigenvalue weighted by molar-refractivity contribution is 7.80. The van der Waals surface area contributed by atoms with E-state index in [0.717, 1.165) is 5.56 Å². The molecule has 128 valence electrons. The van der Waals surface area contributed by atoms with Crippen molar-refractivity contribution in [2.75, 3.05) is 7.11 Å². The predicted molar refractivity (Wildman–Crippen MR) is 101 cm³/mol. The third-order valence-electron chi connectivity index (χ3n) is 3.81. The molecule has 1 aromatic carbocycles. The number of aryl methyl sites for hydroxylation is 1. The Morgan fingerprint density at radius 3 is 2.50 bits per heavy atom. The number of benzene rings is 1. The lowest BCUT2D eigenvalue weighted by Crippen LogP contribution is -2.27. The second kappa shape index (κ2) is 7.34. The number of thiocarbonyl (C=S) groups is 1. The molecule has 0 aliphatic carbocycles. The maximum absolute atomic E-state index is 14.5. The Bertz CT molecular complexity index is 793. The van der Waals surface area contributed by atoms with Gasteiger partial charge in [-0.3, -0.25) is 0 Å². The molecule has 0 N–H and O–H groups in total. The van der Waals surface area contributed by atoms with Gasteiger partial charge in [-0.15, -0.1) is 0 Å². The van der Waals surface area contributed by atoms with Crippen LogP contribution in [0.3, 0.4) is 0 Å². The van der Waals surface area contributed by atoms with E-state index >= 15 is 0 Å². The highest BCUT2D eigenvalue weighted by atomic mass is 35.5. The van der Waals surface area contributed by atoms with Gasteiger partial charge in [-0.1, -0.05) is 49.2 Å². The van der Waals surface area contributed by atoms with Gasteiger partial charge in [0, 0.05) is 11.0 Å². The highest BCUT2D eigenvalue weighted by Crippen LogP contribution is 2.37. The Balaban J connectivity index is 2.62. The van der Waals surface area contributed by atoms with Crippen LogP contribution in [0.4, 0.5) is 4.39 Å². The number of ether oxygens (including phenoxy) is 1. The summed E-state index contributed by atoms with van der Waals surface area (Å²) in [5.74, 6) is -0.332. The van der Waals surface area contributed by atoms with Gasteiger partial charge in [-0.25, -0.2) is 9.37 Å². The lowest BCUT2D eigenvalue weighted by molar-refractivity contribution is 0.336. The molecule has 0 radical (unpaired) electrons. The van der Waals surface area contributed by atoms with Crippen LogP contribution in [-0.4, -0.2) is 17.1 Å². The monoisotopic (exact) mass is 385 g/mol. The molecule has 0 spiro atoms. The van der Waals surface area contributed by atoms with E-state index < -0.39 is 5.41 Å². The van der Waals surface area contributed by atoms with Crippen LogP contribution in [0.15, 0.2) is 24.3 Å². The van der Waals surface area contributed by atoms with Crippen LogP contribution in [0, 0.1) is 18.2 Å². The van der Waals surface area contributed by atoms with Gasteiger partial charge in [-0.05, 0) is 54.4 Å². The fourth-order valence-electron chi connectivity index (χ4n) is 2.55. The largest absolute Gasteiger partial charge is 0.490 e. The van der Waals surface area contributed by atoms with Gasteiger partial charge >= 0.3 is 0 Å². The molecular formula is C18H18Cl2FNOS. The first kappa shape index (κ1) is 19.1. The molecule has 0 atom stereocenters. The number of aromatic nitrogens is 1. The molecule has 2 nitrogen and oxygen atoms in total. The molecule has 0 bridgehead atoms. The minimum Gasteiger partial charge on any atom is -0.490 e. The molecule has 0 unspecified atom stereocenters. The highest BCUT2D eigenvalue weighted by Gasteiger charge is 2.29. The molecular weight excluding hydrogens is 368 g/mol. The summed E-state index contributed by atoms with van der Waals surface area (Å²) in [6, 6.07) is 6.67. The van der Waals surface area contributed by atoms with Crippen molar-refractivity contribution in [2.24, 2.45) is 5.41 Å². The van der Waals surface area contributed by atoms with Crippen LogP contribution in [-0.2, 0) is 11.2 Å². The Kier molecular flexibility index (Phi) is 5.84. The maximum atomic E-state index is 14.5. The zero-order chi connectivity index (χ0) is 18.1. The molecule has 2 aromatic rings. The van der Waals surface area contributed by atoms with E-state index in [0.29, 0.717) is 28.2 Å². The number of pyridine rings is 1. The van der Waals surface area contributed by atoms with E-state index in [1.807, 2.05) is 26.8 Å². The third kappa shape index (κ3) is 4.05. The number of hydrogen-bond donors (Lipinski definition) is 0. The number of rotatable bonds is 4. The standard InChI is InChI=1S/C18H18Cl2FNOS/c1-10-5-6-11(14(21)7-10)12-8-15(19)22-16(20)13(12)9-18(2,3)17(24)23-4/h5-8H,9H2,1-4H3. The van der Waals surface area contributed by atoms with E-state index in [-0.39, 0.29) is 16.1 Å². The first-order valence-corrected chi connectivity index (χ1v) is 8.52. The summed E-state index contributed by atoms with van der Waals surface area (Å²) in [5.41, 5.74) is 2.10. The van der Waals surface area contributed by atoms with Crippen molar-refractivity contribution in [2.45, 2.75) is 27.2 Å². The van der Waals surface area contributed by atoms with Crippen LogP contribution in [0.5, 0.6) is 0 Å². The van der Waals surface area contributed by atoms with Crippen LogP contribution >= 0.6 is 35.4 Å². The fraction of sp³-hybridized carbons (Fsp3) is 0.333. The van der Waals surface area contributed by atoms with E-state index in [4.69, 9.17) is 40.2 Å². The van der Waals surface area contributed by atoms with Crippen LogP contribution in [0.25, 0.3) is 11.1 Å². The fourth-order valence-corrected chi connectivity index (χ4v) is 3.12. The van der Waals surface area contributed by atoms with Gasteiger partial charge in [0.25, 0.3) is 0 Å². The molecule has 24 heavy (non-hydrogen) atoms. The molecule has 0 fully saturated rings. The Hall–Kier alpha value is -1.23. The first-order chi connectivity index (χ1) is 11.2. The zero-order valence-electron chi connectivity index (χ0n) is 13.9. The first-order valence-electron chi connectivity index (χ1n) is 7.35. The number of hydrogen-bond acceptors (Lipinski definition) is 3. The topological polar surface area (TPSA) is 22.1 Å². The Morgan fingerprint density at radius 2 is 1.92 bits per heavy atom. The molecule has 0 amide bonds. The normalized spacial score (nSPS) is 11.5. The molecule has 1 heterocycles. The van der Waals surface area contributed by atoms with Gasteiger partial charge in [0.2, 0.25) is 0 Å². The average molecular weight is 386 g/mol. The minimum atomic E-state index is -0.473. The van der Waals surface area contributed by atoms with Crippen molar-refractivity contribution in [3.05, 3.63) is 51.5 Å². The minimum absolute atomic E-state index is 0.214. The van der Waals surface area contributed by atoms with Crippen LogP contribution in [0.2, 0.25) is 10.3 Å². The van der Waals surface area contributed by atoms with Crippen molar-refractivity contribution < 1.29 is 9.13 Å². The van der Waals surface area contributed by atoms with Crippen molar-refractivity contribution in [1.82, 2.24) is 4.98 Å². The van der Waals surface area contributed by atoms with E-state index in [2.05, 4.69) is 4.98 Å². The zero-order valence-corrected chi connectivity index (χ0v) is 16.2. The molecule has 0 saturated carbocycles. The summed E-state index contributed by atoms with van der Waals surface area (Å²) in [5, 5.41) is 0.902. The Morgan fingerprint density at radius 1 is 1.25 bits per heavy atom. The summed E-state index contributed by atoms with van der Waals surface area (Å²) in [6.07, 6.45) is 0.450. The molecule has 0 aliphatic heterocycles. The quantitative estimate of drug-likeness (QED) is 0.472. The molecule has 6 heteroatoms. The molecule has 1 aromatic heterocycles. The molecule has 0 saturated heterocycles. The second-order valence-corrected chi connectivity index (χ2v) is 7.41. The van der Waals surface area contributed by atoms with Crippen LogP contribution < -0.4 is 0 Å². The second-order valence-electron chi connectivity index (χ2n) is 6.30. The smallest absolute Gasteiger partial charge is 0.165 e. The van der Waals surface area contributed by atoms with E-state index in [9.17, 15) is 4.39 Å². The number of halogens is 3. The lowest BCUT2D eigenvalue weighted by atomic mass is 9.84. The molecule has 0 aliphatic rings. The predicted octanol–water partition coefficient (Wildman–Crippen LogP) is 6.05. The lowest BCUT2D eigenvalue weighted by Gasteiger charge is -2.26. The van der Waals surface area contributed by atoms with Gasteiger partial charge in [0.1, 0.15) is 16.1 Å².